The number of carbonyl (C=O) groups excluding carboxylic acids is 1. The van der Waals surface area contributed by atoms with Gasteiger partial charge in [-0.3, -0.25) is 0 Å². The molecule has 2 amide bonds. The van der Waals surface area contributed by atoms with Crippen LogP contribution in [-0.2, 0) is 0 Å². The summed E-state index contributed by atoms with van der Waals surface area (Å²) in [6.07, 6.45) is 0. The van der Waals surface area contributed by atoms with Crippen LogP contribution in [-0.4, -0.2) is 6.03 Å². The molecule has 0 radical (unpaired) electrons. The predicted octanol–water partition coefficient (Wildman–Crippen LogP) is 3.95. The highest BCUT2D eigenvalue weighted by molar-refractivity contribution is 14.1. The molecule has 0 heterocycles. The molecule has 4 N–H and O–H groups in total. The number of amides is 2. The normalized spacial score (nSPS) is 11.8. The lowest BCUT2D eigenvalue weighted by molar-refractivity contribution is 0.262. The molecule has 0 fully saturated rings. The summed E-state index contributed by atoms with van der Waals surface area (Å²) in [7, 11) is 0. The Labute approximate surface area is 131 Å². The van der Waals surface area contributed by atoms with Crippen LogP contribution >= 0.6 is 22.6 Å². The van der Waals surface area contributed by atoms with Crippen molar-refractivity contribution in [2.24, 2.45) is 5.73 Å². The average molecular weight is 381 g/mol. The van der Waals surface area contributed by atoms with Gasteiger partial charge in [0.25, 0.3) is 0 Å². The van der Waals surface area contributed by atoms with E-state index in [4.69, 9.17) is 5.73 Å². The van der Waals surface area contributed by atoms with Crippen LogP contribution in [0.4, 0.5) is 16.2 Å². The largest absolute Gasteiger partial charge is 0.324 e. The van der Waals surface area contributed by atoms with Crippen LogP contribution < -0.4 is 16.4 Å². The smallest absolute Gasteiger partial charge is 0.323 e. The van der Waals surface area contributed by atoms with Crippen molar-refractivity contribution in [3.05, 3.63) is 57.7 Å². The predicted molar refractivity (Wildman–Crippen MR) is 90.8 cm³/mol. The Balaban J connectivity index is 2.03. The first-order valence-corrected chi connectivity index (χ1v) is 7.31. The second kappa shape index (κ2) is 6.71. The summed E-state index contributed by atoms with van der Waals surface area (Å²) >= 11 is 2.20. The van der Waals surface area contributed by atoms with Gasteiger partial charge in [-0.2, -0.15) is 0 Å². The van der Waals surface area contributed by atoms with E-state index in [1.54, 1.807) is 0 Å². The lowest BCUT2D eigenvalue weighted by Gasteiger charge is -2.10. The molecule has 4 nitrogen and oxygen atoms in total. The molecule has 0 aromatic heterocycles. The van der Waals surface area contributed by atoms with Crippen LogP contribution in [0.2, 0.25) is 0 Å². The highest BCUT2D eigenvalue weighted by Gasteiger charge is 2.05. The lowest BCUT2D eigenvalue weighted by Crippen LogP contribution is -2.19. The highest BCUT2D eigenvalue weighted by Crippen LogP contribution is 2.16. The molecule has 1 atom stereocenters. The molecule has 1 unspecified atom stereocenters. The van der Waals surface area contributed by atoms with Crippen molar-refractivity contribution in [3.63, 3.8) is 0 Å². The van der Waals surface area contributed by atoms with Gasteiger partial charge in [0.15, 0.2) is 0 Å². The van der Waals surface area contributed by atoms with E-state index in [-0.39, 0.29) is 12.1 Å². The second-order valence-corrected chi connectivity index (χ2v) is 5.75. The van der Waals surface area contributed by atoms with E-state index in [0.29, 0.717) is 0 Å². The van der Waals surface area contributed by atoms with E-state index >= 15 is 0 Å². The fourth-order valence-corrected chi connectivity index (χ4v) is 2.30. The number of hydrogen-bond donors (Lipinski definition) is 3. The minimum absolute atomic E-state index is 0.0597. The third kappa shape index (κ3) is 4.21. The summed E-state index contributed by atoms with van der Waals surface area (Å²) in [5.41, 5.74) is 8.29. The van der Waals surface area contributed by atoms with Gasteiger partial charge in [0.1, 0.15) is 0 Å². The molecular weight excluding hydrogens is 365 g/mol. The number of carbonyl (C=O) groups is 1. The number of benzene rings is 2. The zero-order valence-electron chi connectivity index (χ0n) is 11.1. The average Bonchev–Trinajstić information content (AvgIpc) is 2.38. The Morgan fingerprint density at radius 3 is 2.30 bits per heavy atom. The third-order valence-corrected chi connectivity index (χ3v) is 3.42. The van der Waals surface area contributed by atoms with Gasteiger partial charge in [-0.1, -0.05) is 18.2 Å². The van der Waals surface area contributed by atoms with E-state index in [1.165, 1.54) is 0 Å². The zero-order valence-corrected chi connectivity index (χ0v) is 13.2. The molecule has 0 aliphatic carbocycles. The molecule has 0 aliphatic rings. The van der Waals surface area contributed by atoms with E-state index in [2.05, 4.69) is 33.2 Å². The fraction of sp³-hybridized carbons (Fsp3) is 0.133. The molecule has 0 spiro atoms. The van der Waals surface area contributed by atoms with Gasteiger partial charge in [-0.05, 0) is 65.4 Å². The molecule has 0 aliphatic heterocycles. The molecule has 20 heavy (non-hydrogen) atoms. The zero-order chi connectivity index (χ0) is 14.5. The minimum Gasteiger partial charge on any atom is -0.324 e. The maximum Gasteiger partial charge on any atom is 0.323 e. The SMILES string of the molecule is CC(N)c1cccc(NC(=O)Nc2cccc(I)c2)c1. The molecule has 0 saturated carbocycles. The summed E-state index contributed by atoms with van der Waals surface area (Å²) in [6.45, 7) is 1.91. The van der Waals surface area contributed by atoms with Crippen molar-refractivity contribution < 1.29 is 4.79 Å². The van der Waals surface area contributed by atoms with Crippen LogP contribution in [0.5, 0.6) is 0 Å². The number of urea groups is 1. The Bertz CT molecular complexity index is 614. The van der Waals surface area contributed by atoms with Gasteiger partial charge < -0.3 is 16.4 Å². The topological polar surface area (TPSA) is 67.1 Å². The van der Waals surface area contributed by atoms with Gasteiger partial charge in [0.05, 0.1) is 0 Å². The maximum absolute atomic E-state index is 11.9. The van der Waals surface area contributed by atoms with E-state index < -0.39 is 0 Å². The first-order chi connectivity index (χ1) is 9.54. The Hall–Kier alpha value is -1.60. The molecular formula is C15H16IN3O. The molecule has 2 aromatic rings. The summed E-state index contributed by atoms with van der Waals surface area (Å²) in [5, 5.41) is 5.59. The number of nitrogens with two attached hydrogens (primary N) is 1. The molecule has 2 aromatic carbocycles. The summed E-state index contributed by atoms with van der Waals surface area (Å²) < 4.78 is 1.07. The van der Waals surface area contributed by atoms with Crippen LogP contribution in [0.25, 0.3) is 0 Å². The molecule has 0 bridgehead atoms. The van der Waals surface area contributed by atoms with Crippen molar-refractivity contribution in [1.29, 1.82) is 0 Å². The highest BCUT2D eigenvalue weighted by atomic mass is 127. The van der Waals surface area contributed by atoms with Crippen LogP contribution in [0.15, 0.2) is 48.5 Å². The molecule has 2 rings (SSSR count). The first kappa shape index (κ1) is 14.8. The van der Waals surface area contributed by atoms with Gasteiger partial charge in [-0.15, -0.1) is 0 Å². The van der Waals surface area contributed by atoms with Gasteiger partial charge in [0, 0.05) is 21.0 Å². The Morgan fingerprint density at radius 2 is 1.70 bits per heavy atom. The first-order valence-electron chi connectivity index (χ1n) is 6.24. The second-order valence-electron chi connectivity index (χ2n) is 4.50. The fourth-order valence-electron chi connectivity index (χ4n) is 1.76. The maximum atomic E-state index is 11.9. The number of hydrogen-bond acceptors (Lipinski definition) is 2. The molecule has 0 saturated heterocycles. The third-order valence-electron chi connectivity index (χ3n) is 2.75. The van der Waals surface area contributed by atoms with Gasteiger partial charge in [-0.25, -0.2) is 4.79 Å². The summed E-state index contributed by atoms with van der Waals surface area (Å²) in [5.74, 6) is 0. The van der Waals surface area contributed by atoms with E-state index in [1.807, 2.05) is 55.5 Å². The molecule has 104 valence electrons. The number of rotatable bonds is 3. The van der Waals surface area contributed by atoms with Crippen molar-refractivity contribution in [2.75, 3.05) is 10.6 Å². The lowest BCUT2D eigenvalue weighted by atomic mass is 10.1. The number of nitrogens with one attached hydrogen (secondary N) is 2. The Kier molecular flexibility index (Phi) is 4.97. The van der Waals surface area contributed by atoms with Crippen LogP contribution in [0.3, 0.4) is 0 Å². The van der Waals surface area contributed by atoms with Crippen LogP contribution in [0.1, 0.15) is 18.5 Å². The standard InChI is InChI=1S/C15H16IN3O/c1-10(17)11-4-2-6-13(8-11)18-15(20)19-14-7-3-5-12(16)9-14/h2-10H,17H2,1H3,(H2,18,19,20). The van der Waals surface area contributed by atoms with Gasteiger partial charge in [0.2, 0.25) is 0 Å². The monoisotopic (exact) mass is 381 g/mol. The number of anilines is 2. The molecule has 5 heteroatoms. The minimum atomic E-state index is -0.270. The summed E-state index contributed by atoms with van der Waals surface area (Å²) in [4.78, 5) is 11.9. The van der Waals surface area contributed by atoms with Crippen LogP contribution in [0, 0.1) is 3.57 Å². The Morgan fingerprint density at radius 1 is 1.10 bits per heavy atom. The van der Waals surface area contributed by atoms with E-state index in [0.717, 1.165) is 20.5 Å². The number of halogens is 1. The van der Waals surface area contributed by atoms with Crippen molar-refractivity contribution in [2.45, 2.75) is 13.0 Å². The van der Waals surface area contributed by atoms with Crippen molar-refractivity contribution in [3.8, 4) is 0 Å². The van der Waals surface area contributed by atoms with Gasteiger partial charge >= 0.3 is 6.03 Å². The summed E-state index contributed by atoms with van der Waals surface area (Å²) in [6, 6.07) is 14.8. The van der Waals surface area contributed by atoms with Crippen molar-refractivity contribution in [1.82, 2.24) is 0 Å². The van der Waals surface area contributed by atoms with Crippen molar-refractivity contribution >= 4 is 40.0 Å². The van der Waals surface area contributed by atoms with E-state index in [9.17, 15) is 4.79 Å². The quantitative estimate of drug-likeness (QED) is 0.705.